The number of aliphatic hydroxyl groups excluding tert-OH is 1. The molecule has 0 bridgehead atoms. The van der Waals surface area contributed by atoms with E-state index in [1.54, 1.807) is 0 Å². The minimum Gasteiger partial charge on any atom is -0.399 e. The molecule has 1 aromatic carbocycles. The Morgan fingerprint density at radius 1 is 1.50 bits per heavy atom. The Bertz CT molecular complexity index is 566. The number of nitrogens with one attached hydrogen (secondary N) is 1. The highest BCUT2D eigenvalue weighted by molar-refractivity contribution is 7.89. The molecule has 8 heteroatoms. The van der Waals surface area contributed by atoms with Crippen LogP contribution in [0.2, 0.25) is 5.02 Å². The molecule has 114 valence electrons. The van der Waals surface area contributed by atoms with Gasteiger partial charge in [0.25, 0.3) is 0 Å². The minimum absolute atomic E-state index is 0.0191. The Kier molecular flexibility index (Phi) is 6.19. The van der Waals surface area contributed by atoms with Gasteiger partial charge in [0.05, 0.1) is 5.02 Å². The van der Waals surface area contributed by atoms with E-state index in [2.05, 4.69) is 4.72 Å². The molecule has 0 heterocycles. The van der Waals surface area contributed by atoms with Crippen LogP contribution >= 0.6 is 11.6 Å². The third-order valence-electron chi connectivity index (χ3n) is 2.98. The van der Waals surface area contributed by atoms with Crippen LogP contribution < -0.4 is 10.5 Å². The van der Waals surface area contributed by atoms with Crippen molar-refractivity contribution in [2.45, 2.75) is 24.7 Å². The summed E-state index contributed by atoms with van der Waals surface area (Å²) in [5, 5.41) is 8.52. The van der Waals surface area contributed by atoms with E-state index in [4.69, 9.17) is 22.4 Å². The first-order chi connectivity index (χ1) is 9.31. The monoisotopic (exact) mass is 324 g/mol. The Labute approximate surface area is 123 Å². The Morgan fingerprint density at radius 3 is 2.70 bits per heavy atom. The second-order valence-corrected chi connectivity index (χ2v) is 6.60. The predicted molar refractivity (Wildman–Crippen MR) is 76.5 cm³/mol. The minimum atomic E-state index is -4.03. The number of nitrogen functional groups attached to an aromatic ring is 1. The van der Waals surface area contributed by atoms with Gasteiger partial charge in [0.15, 0.2) is 5.82 Å². The zero-order chi connectivity index (χ0) is 15.3. The van der Waals surface area contributed by atoms with Crippen LogP contribution in [0, 0.1) is 11.7 Å². The summed E-state index contributed by atoms with van der Waals surface area (Å²) >= 11 is 5.58. The standard InChI is InChI=1S/C12H18ClFN2O3S/c1-2-8(3-4-17)7-16-20(18,19)11-6-9(15)5-10(13)12(11)14/h5-6,8,16-17H,2-4,7,15H2,1H3. The molecule has 0 aromatic heterocycles. The van der Waals surface area contributed by atoms with Crippen LogP contribution in [0.15, 0.2) is 17.0 Å². The zero-order valence-corrected chi connectivity index (χ0v) is 12.6. The first-order valence-electron chi connectivity index (χ1n) is 6.16. The molecule has 1 atom stereocenters. The van der Waals surface area contributed by atoms with Crippen molar-refractivity contribution in [3.63, 3.8) is 0 Å². The molecule has 1 rings (SSSR count). The molecule has 0 saturated heterocycles. The smallest absolute Gasteiger partial charge is 0.243 e. The molecule has 0 aliphatic heterocycles. The van der Waals surface area contributed by atoms with Gasteiger partial charge < -0.3 is 10.8 Å². The third-order valence-corrected chi connectivity index (χ3v) is 4.68. The van der Waals surface area contributed by atoms with Gasteiger partial charge in [0, 0.05) is 18.8 Å². The summed E-state index contributed by atoms with van der Waals surface area (Å²) in [5.41, 5.74) is 5.55. The highest BCUT2D eigenvalue weighted by Crippen LogP contribution is 2.25. The Hall–Kier alpha value is -0.890. The highest BCUT2D eigenvalue weighted by Gasteiger charge is 2.22. The number of benzene rings is 1. The molecule has 0 fully saturated rings. The lowest BCUT2D eigenvalue weighted by molar-refractivity contribution is 0.254. The van der Waals surface area contributed by atoms with Crippen molar-refractivity contribution < 1.29 is 17.9 Å². The molecular weight excluding hydrogens is 307 g/mol. The van der Waals surface area contributed by atoms with Gasteiger partial charge in [-0.1, -0.05) is 24.9 Å². The van der Waals surface area contributed by atoms with E-state index >= 15 is 0 Å². The molecule has 1 unspecified atom stereocenters. The van der Waals surface area contributed by atoms with Crippen LogP contribution in [-0.2, 0) is 10.0 Å². The Morgan fingerprint density at radius 2 is 2.15 bits per heavy atom. The van der Waals surface area contributed by atoms with Crippen molar-refractivity contribution in [1.29, 1.82) is 0 Å². The topological polar surface area (TPSA) is 92.4 Å². The molecule has 0 aliphatic rings. The molecule has 0 aliphatic carbocycles. The molecule has 1 aromatic rings. The van der Waals surface area contributed by atoms with Gasteiger partial charge in [-0.05, 0) is 24.5 Å². The van der Waals surface area contributed by atoms with Gasteiger partial charge in [0.1, 0.15) is 4.90 Å². The number of anilines is 1. The fourth-order valence-electron chi connectivity index (χ4n) is 1.72. The van der Waals surface area contributed by atoms with Crippen molar-refractivity contribution in [2.24, 2.45) is 5.92 Å². The SMILES string of the molecule is CCC(CCO)CNS(=O)(=O)c1cc(N)cc(Cl)c1F. The second kappa shape index (κ2) is 7.21. The second-order valence-electron chi connectivity index (χ2n) is 4.45. The average molecular weight is 325 g/mol. The summed E-state index contributed by atoms with van der Waals surface area (Å²) in [5.74, 6) is -1.04. The molecular formula is C12H18ClFN2O3S. The molecule has 0 amide bonds. The number of rotatable bonds is 7. The highest BCUT2D eigenvalue weighted by atomic mass is 35.5. The van der Waals surface area contributed by atoms with Crippen LogP contribution in [0.25, 0.3) is 0 Å². The third kappa shape index (κ3) is 4.31. The van der Waals surface area contributed by atoms with Gasteiger partial charge in [0.2, 0.25) is 10.0 Å². The molecule has 20 heavy (non-hydrogen) atoms. The number of sulfonamides is 1. The predicted octanol–water partition coefficient (Wildman–Crippen LogP) is 1.75. The van der Waals surface area contributed by atoms with Gasteiger partial charge >= 0.3 is 0 Å². The molecule has 4 N–H and O–H groups in total. The van der Waals surface area contributed by atoms with Gasteiger partial charge in [-0.3, -0.25) is 0 Å². The fraction of sp³-hybridized carbons (Fsp3) is 0.500. The van der Waals surface area contributed by atoms with Gasteiger partial charge in [-0.25, -0.2) is 17.5 Å². The molecule has 5 nitrogen and oxygen atoms in total. The van der Waals surface area contributed by atoms with E-state index in [1.165, 1.54) is 0 Å². The van der Waals surface area contributed by atoms with Gasteiger partial charge in [-0.15, -0.1) is 0 Å². The number of halogens is 2. The first kappa shape index (κ1) is 17.2. The van der Waals surface area contributed by atoms with Crippen molar-refractivity contribution in [3.8, 4) is 0 Å². The summed E-state index contributed by atoms with van der Waals surface area (Å²) < 4.78 is 40.2. The summed E-state index contributed by atoms with van der Waals surface area (Å²) in [6.45, 7) is 1.97. The lowest BCUT2D eigenvalue weighted by Gasteiger charge is -2.15. The average Bonchev–Trinajstić information content (AvgIpc) is 2.38. The van der Waals surface area contributed by atoms with E-state index in [0.717, 1.165) is 12.1 Å². The summed E-state index contributed by atoms with van der Waals surface area (Å²) in [7, 11) is -4.03. The van der Waals surface area contributed by atoms with Gasteiger partial charge in [-0.2, -0.15) is 0 Å². The van der Waals surface area contributed by atoms with Crippen molar-refractivity contribution >= 4 is 27.3 Å². The zero-order valence-electron chi connectivity index (χ0n) is 11.1. The lowest BCUT2D eigenvalue weighted by atomic mass is 10.0. The van der Waals surface area contributed by atoms with Crippen LogP contribution in [-0.4, -0.2) is 26.7 Å². The number of nitrogens with two attached hydrogens (primary N) is 1. The van der Waals surface area contributed by atoms with E-state index in [-0.39, 0.29) is 29.8 Å². The summed E-state index contributed by atoms with van der Waals surface area (Å²) in [6.07, 6.45) is 1.17. The maximum absolute atomic E-state index is 13.8. The summed E-state index contributed by atoms with van der Waals surface area (Å²) in [4.78, 5) is -0.568. The number of hydrogen-bond donors (Lipinski definition) is 3. The van der Waals surface area contributed by atoms with Crippen molar-refractivity contribution in [3.05, 3.63) is 23.0 Å². The van der Waals surface area contributed by atoms with Crippen LogP contribution in [0.4, 0.5) is 10.1 Å². The van der Waals surface area contributed by atoms with Crippen LogP contribution in [0.1, 0.15) is 19.8 Å². The van der Waals surface area contributed by atoms with E-state index < -0.39 is 20.7 Å². The maximum atomic E-state index is 13.8. The van der Waals surface area contributed by atoms with Crippen LogP contribution in [0.5, 0.6) is 0 Å². The normalized spacial score (nSPS) is 13.4. The Balaban J connectivity index is 2.94. The summed E-state index contributed by atoms with van der Waals surface area (Å²) in [6, 6.07) is 2.17. The maximum Gasteiger partial charge on any atom is 0.243 e. The van der Waals surface area contributed by atoms with E-state index in [1.807, 2.05) is 6.92 Å². The lowest BCUT2D eigenvalue weighted by Crippen LogP contribution is -2.30. The quantitative estimate of drug-likeness (QED) is 0.666. The van der Waals surface area contributed by atoms with Crippen molar-refractivity contribution in [2.75, 3.05) is 18.9 Å². The molecule has 0 saturated carbocycles. The van der Waals surface area contributed by atoms with Crippen molar-refractivity contribution in [1.82, 2.24) is 4.72 Å². The molecule has 0 spiro atoms. The first-order valence-corrected chi connectivity index (χ1v) is 8.03. The van der Waals surface area contributed by atoms with E-state index in [0.29, 0.717) is 12.8 Å². The number of hydrogen-bond acceptors (Lipinski definition) is 4. The van der Waals surface area contributed by atoms with Crippen LogP contribution in [0.3, 0.4) is 0 Å². The largest absolute Gasteiger partial charge is 0.399 e. The van der Waals surface area contributed by atoms with E-state index in [9.17, 15) is 12.8 Å². The molecule has 0 radical (unpaired) electrons. The number of aliphatic hydroxyl groups is 1. The fourth-order valence-corrected chi connectivity index (χ4v) is 3.25.